The van der Waals surface area contributed by atoms with Crippen LogP contribution in [0.5, 0.6) is 0 Å². The third-order valence-corrected chi connectivity index (χ3v) is 5.41. The third-order valence-electron chi connectivity index (χ3n) is 4.51. The lowest BCUT2D eigenvalue weighted by Crippen LogP contribution is -2.29. The van der Waals surface area contributed by atoms with E-state index in [1.807, 2.05) is 36.0 Å². The Kier molecular flexibility index (Phi) is 4.40. The highest BCUT2D eigenvalue weighted by Gasteiger charge is 2.19. The van der Waals surface area contributed by atoms with E-state index < -0.39 is 0 Å². The Morgan fingerprint density at radius 3 is 3.17 bits per heavy atom. The van der Waals surface area contributed by atoms with Crippen LogP contribution in [0.2, 0.25) is 0 Å². The van der Waals surface area contributed by atoms with E-state index in [0.717, 1.165) is 48.7 Å². The summed E-state index contributed by atoms with van der Waals surface area (Å²) in [5.74, 6) is 1.52. The van der Waals surface area contributed by atoms with Crippen LogP contribution >= 0.6 is 11.3 Å². The molecule has 6 heteroatoms. The molecule has 3 aromatic rings. The zero-order chi connectivity index (χ0) is 16.4. The van der Waals surface area contributed by atoms with Crippen molar-refractivity contribution in [3.63, 3.8) is 0 Å². The molecule has 4 rings (SSSR count). The third kappa shape index (κ3) is 3.25. The van der Waals surface area contributed by atoms with Crippen molar-refractivity contribution in [3.8, 4) is 10.4 Å². The molecule has 1 atom stereocenters. The maximum absolute atomic E-state index is 14.0. The number of thiophene rings is 1. The van der Waals surface area contributed by atoms with Crippen LogP contribution in [-0.4, -0.2) is 21.3 Å². The Morgan fingerprint density at radius 2 is 2.29 bits per heavy atom. The largest absolute Gasteiger partial charge is 0.317 e. The average Bonchev–Trinajstić information content (AvgIpc) is 3.27. The van der Waals surface area contributed by atoms with Gasteiger partial charge in [-0.05, 0) is 48.0 Å². The number of benzene rings is 1. The monoisotopic (exact) mass is 342 g/mol. The molecule has 2 aromatic heterocycles. The molecule has 0 saturated carbocycles. The van der Waals surface area contributed by atoms with Gasteiger partial charge in [-0.3, -0.25) is 0 Å². The van der Waals surface area contributed by atoms with Crippen LogP contribution in [0.1, 0.15) is 17.8 Å². The van der Waals surface area contributed by atoms with E-state index in [2.05, 4.69) is 20.1 Å². The summed E-state index contributed by atoms with van der Waals surface area (Å²) in [6.07, 6.45) is 3.94. The first kappa shape index (κ1) is 15.5. The fourth-order valence-electron chi connectivity index (χ4n) is 3.22. The molecule has 1 unspecified atom stereocenters. The summed E-state index contributed by atoms with van der Waals surface area (Å²) in [7, 11) is 0. The van der Waals surface area contributed by atoms with Crippen molar-refractivity contribution in [1.29, 1.82) is 0 Å². The minimum atomic E-state index is -0.159. The number of aryl methyl sites for hydroxylation is 1. The van der Waals surface area contributed by atoms with Crippen molar-refractivity contribution < 1.29 is 4.39 Å². The average molecular weight is 342 g/mol. The van der Waals surface area contributed by atoms with Gasteiger partial charge in [-0.1, -0.05) is 12.1 Å². The smallest absolute Gasteiger partial charge is 0.132 e. The summed E-state index contributed by atoms with van der Waals surface area (Å²) in [5, 5.41) is 13.6. The zero-order valence-corrected chi connectivity index (χ0v) is 14.1. The van der Waals surface area contributed by atoms with Crippen molar-refractivity contribution >= 4 is 11.3 Å². The fourth-order valence-corrected chi connectivity index (χ4v) is 3.96. The molecule has 0 bridgehead atoms. The fraction of sp³-hybridized carbons (Fsp3) is 0.333. The summed E-state index contributed by atoms with van der Waals surface area (Å²) in [6.45, 7) is 2.67. The van der Waals surface area contributed by atoms with Gasteiger partial charge in [-0.2, -0.15) is 0 Å². The normalized spacial score (nSPS) is 17.0. The predicted molar refractivity (Wildman–Crippen MR) is 93.3 cm³/mol. The number of nitrogens with one attached hydrogen (secondary N) is 1. The van der Waals surface area contributed by atoms with Gasteiger partial charge in [0.15, 0.2) is 0 Å². The van der Waals surface area contributed by atoms with Crippen LogP contribution in [0.4, 0.5) is 4.39 Å². The lowest BCUT2D eigenvalue weighted by molar-refractivity contribution is 0.347. The van der Waals surface area contributed by atoms with Crippen LogP contribution in [-0.2, 0) is 19.5 Å². The van der Waals surface area contributed by atoms with Crippen molar-refractivity contribution in [2.45, 2.75) is 25.9 Å². The van der Waals surface area contributed by atoms with E-state index in [9.17, 15) is 4.39 Å². The highest BCUT2D eigenvalue weighted by Crippen LogP contribution is 2.28. The Balaban J connectivity index is 1.36. The molecule has 0 saturated heterocycles. The minimum absolute atomic E-state index is 0.159. The maximum atomic E-state index is 14.0. The van der Waals surface area contributed by atoms with Crippen LogP contribution in [0.25, 0.3) is 10.4 Å². The SMILES string of the molecule is Fc1ccc(CNCC2CCc3nncn3C2)cc1-c1cccs1. The van der Waals surface area contributed by atoms with E-state index >= 15 is 0 Å². The molecule has 0 amide bonds. The van der Waals surface area contributed by atoms with Crippen LogP contribution in [0.3, 0.4) is 0 Å². The summed E-state index contributed by atoms with van der Waals surface area (Å²) < 4.78 is 16.2. The summed E-state index contributed by atoms with van der Waals surface area (Å²) in [4.78, 5) is 0.974. The van der Waals surface area contributed by atoms with Gasteiger partial charge in [0.05, 0.1) is 0 Å². The minimum Gasteiger partial charge on any atom is -0.317 e. The highest BCUT2D eigenvalue weighted by molar-refractivity contribution is 7.13. The standard InChI is InChI=1S/C18H19FN4S/c19-16-5-3-13(8-15(16)17-2-1-7-24-17)9-20-10-14-4-6-18-22-21-12-23(18)11-14/h1-3,5,7-8,12,14,20H,4,6,9-11H2. The van der Waals surface area contributed by atoms with Crippen LogP contribution in [0.15, 0.2) is 42.0 Å². The molecule has 1 aliphatic heterocycles. The Bertz CT molecular complexity index is 812. The van der Waals surface area contributed by atoms with Crippen molar-refractivity contribution in [2.75, 3.05) is 6.54 Å². The molecular formula is C18H19FN4S. The van der Waals surface area contributed by atoms with Gasteiger partial charge < -0.3 is 9.88 Å². The number of rotatable bonds is 5. The van der Waals surface area contributed by atoms with Gasteiger partial charge in [0, 0.05) is 30.0 Å². The Hall–Kier alpha value is -2.05. The van der Waals surface area contributed by atoms with Crippen molar-refractivity contribution in [1.82, 2.24) is 20.1 Å². The first-order valence-electron chi connectivity index (χ1n) is 8.19. The Labute approximate surface area is 144 Å². The number of fused-ring (bicyclic) bond motifs is 1. The van der Waals surface area contributed by atoms with E-state index in [1.54, 1.807) is 17.4 Å². The van der Waals surface area contributed by atoms with Gasteiger partial charge in [-0.25, -0.2) is 4.39 Å². The van der Waals surface area contributed by atoms with E-state index in [4.69, 9.17) is 0 Å². The van der Waals surface area contributed by atoms with E-state index in [1.165, 1.54) is 0 Å². The quantitative estimate of drug-likeness (QED) is 0.772. The molecule has 0 spiro atoms. The lowest BCUT2D eigenvalue weighted by atomic mass is 9.99. The summed E-state index contributed by atoms with van der Waals surface area (Å²) >= 11 is 1.56. The molecule has 124 valence electrons. The molecule has 3 heterocycles. The van der Waals surface area contributed by atoms with Gasteiger partial charge >= 0.3 is 0 Å². The van der Waals surface area contributed by atoms with Gasteiger partial charge in [0.2, 0.25) is 0 Å². The first-order valence-corrected chi connectivity index (χ1v) is 9.07. The molecular weight excluding hydrogens is 323 g/mol. The second kappa shape index (κ2) is 6.83. The molecule has 0 fully saturated rings. The first-order chi connectivity index (χ1) is 11.8. The maximum Gasteiger partial charge on any atom is 0.132 e. The van der Waals surface area contributed by atoms with Crippen LogP contribution < -0.4 is 5.32 Å². The van der Waals surface area contributed by atoms with Crippen LogP contribution in [0, 0.1) is 11.7 Å². The molecule has 0 radical (unpaired) electrons. The number of halogens is 1. The summed E-state index contributed by atoms with van der Waals surface area (Å²) in [6, 6.07) is 9.28. The van der Waals surface area contributed by atoms with E-state index in [-0.39, 0.29) is 5.82 Å². The zero-order valence-electron chi connectivity index (χ0n) is 13.3. The van der Waals surface area contributed by atoms with Crippen molar-refractivity contribution in [3.05, 3.63) is 59.2 Å². The molecule has 0 aliphatic carbocycles. The van der Waals surface area contributed by atoms with E-state index in [0.29, 0.717) is 11.5 Å². The number of hydrogen-bond donors (Lipinski definition) is 1. The molecule has 1 aliphatic rings. The summed E-state index contributed by atoms with van der Waals surface area (Å²) in [5.41, 5.74) is 1.80. The van der Waals surface area contributed by atoms with Gasteiger partial charge in [0.25, 0.3) is 0 Å². The highest BCUT2D eigenvalue weighted by atomic mass is 32.1. The molecule has 4 nitrogen and oxygen atoms in total. The molecule has 24 heavy (non-hydrogen) atoms. The second-order valence-corrected chi connectivity index (χ2v) is 7.17. The number of nitrogens with zero attached hydrogens (tertiary/aromatic N) is 3. The predicted octanol–water partition coefficient (Wildman–Crippen LogP) is 3.50. The number of hydrogen-bond acceptors (Lipinski definition) is 4. The number of aromatic nitrogens is 3. The molecule has 1 aromatic carbocycles. The second-order valence-electron chi connectivity index (χ2n) is 6.23. The molecule has 1 N–H and O–H groups in total. The topological polar surface area (TPSA) is 42.7 Å². The lowest BCUT2D eigenvalue weighted by Gasteiger charge is -2.23. The van der Waals surface area contributed by atoms with Gasteiger partial charge in [0.1, 0.15) is 18.0 Å². The van der Waals surface area contributed by atoms with Gasteiger partial charge in [-0.15, -0.1) is 21.5 Å². The Morgan fingerprint density at radius 1 is 1.33 bits per heavy atom. The van der Waals surface area contributed by atoms with Crippen molar-refractivity contribution in [2.24, 2.45) is 5.92 Å².